The van der Waals surface area contributed by atoms with Crippen LogP contribution in [-0.2, 0) is 9.53 Å². The molecule has 1 saturated carbocycles. The highest BCUT2D eigenvalue weighted by atomic mass is 16.5. The Kier molecular flexibility index (Phi) is 2.02. The molecule has 0 radical (unpaired) electrons. The minimum absolute atomic E-state index is 0.0624. The molecule has 2 fully saturated rings. The summed E-state index contributed by atoms with van der Waals surface area (Å²) in [4.78, 5) is 24.1. The fraction of sp³-hybridized carbons (Fsp3) is 0.385. The minimum atomic E-state index is -0.908. The lowest BCUT2D eigenvalue weighted by molar-refractivity contribution is -0.143. The van der Waals surface area contributed by atoms with Gasteiger partial charge in [0.1, 0.15) is 11.2 Å². The van der Waals surface area contributed by atoms with Crippen LogP contribution in [0.3, 0.4) is 0 Å². The predicted octanol–water partition coefficient (Wildman–Crippen LogP) is 1.44. The van der Waals surface area contributed by atoms with Crippen molar-refractivity contribution >= 4 is 11.8 Å². The normalized spacial score (nSPS) is 29.5. The first-order valence-corrected chi connectivity index (χ1v) is 5.55. The maximum absolute atomic E-state index is 12.4. The Morgan fingerprint density at radius 2 is 2.24 bits per heavy atom. The topological polar surface area (TPSA) is 52.6 Å². The Morgan fingerprint density at radius 3 is 2.82 bits per heavy atom. The van der Waals surface area contributed by atoms with Gasteiger partial charge in [-0.05, 0) is 18.6 Å². The lowest BCUT2D eigenvalue weighted by Crippen LogP contribution is -2.25. The number of Topliss-reactive ketones (excluding diaryl/α,β-unsaturated/α-hetero) is 1. The second-order valence-electron chi connectivity index (χ2n) is 4.50. The third-order valence-electron chi connectivity index (χ3n) is 3.64. The molecule has 1 aromatic carbocycles. The first-order valence-electron chi connectivity index (χ1n) is 5.55. The molecule has 88 valence electrons. The van der Waals surface area contributed by atoms with E-state index in [1.54, 1.807) is 24.3 Å². The number of hydrogen-bond donors (Lipinski definition) is 0. The van der Waals surface area contributed by atoms with Gasteiger partial charge in [-0.1, -0.05) is 12.1 Å². The highest BCUT2D eigenvalue weighted by Gasteiger charge is 2.70. The Labute approximate surface area is 98.5 Å². The second kappa shape index (κ2) is 3.32. The number of carbonyl (C=O) groups excluding carboxylic acids is 2. The van der Waals surface area contributed by atoms with Crippen LogP contribution in [0, 0.1) is 11.3 Å². The summed E-state index contributed by atoms with van der Waals surface area (Å²) in [6, 6.07) is 6.98. The van der Waals surface area contributed by atoms with Crippen molar-refractivity contribution in [1.29, 1.82) is 0 Å². The van der Waals surface area contributed by atoms with Crippen LogP contribution in [0.15, 0.2) is 24.3 Å². The molecular formula is C13H12O4. The molecule has 1 saturated heterocycles. The van der Waals surface area contributed by atoms with Crippen LogP contribution in [0.5, 0.6) is 5.75 Å². The molecule has 1 aliphatic carbocycles. The fourth-order valence-electron chi connectivity index (χ4n) is 2.53. The molecule has 1 aromatic rings. The molecule has 1 aliphatic heterocycles. The number of ketones is 1. The van der Waals surface area contributed by atoms with Gasteiger partial charge in [0.15, 0.2) is 5.78 Å². The number of rotatable bonds is 3. The molecule has 0 aromatic heterocycles. The van der Waals surface area contributed by atoms with Crippen molar-refractivity contribution in [3.05, 3.63) is 29.8 Å². The molecule has 0 N–H and O–H groups in total. The second-order valence-corrected chi connectivity index (χ2v) is 4.50. The first kappa shape index (κ1) is 10.3. The van der Waals surface area contributed by atoms with Gasteiger partial charge >= 0.3 is 5.97 Å². The van der Waals surface area contributed by atoms with Gasteiger partial charge < -0.3 is 9.47 Å². The van der Waals surface area contributed by atoms with Crippen LogP contribution in [0.1, 0.15) is 16.8 Å². The Bertz CT molecular complexity index is 508. The van der Waals surface area contributed by atoms with Gasteiger partial charge in [0.25, 0.3) is 0 Å². The predicted molar refractivity (Wildman–Crippen MR) is 58.8 cm³/mol. The summed E-state index contributed by atoms with van der Waals surface area (Å²) in [7, 11) is 1.52. The highest BCUT2D eigenvalue weighted by molar-refractivity contribution is 6.17. The lowest BCUT2D eigenvalue weighted by atomic mass is 9.93. The zero-order valence-electron chi connectivity index (χ0n) is 9.43. The van der Waals surface area contributed by atoms with Gasteiger partial charge in [0, 0.05) is 5.92 Å². The number of esters is 1. The van der Waals surface area contributed by atoms with Crippen LogP contribution >= 0.6 is 0 Å². The van der Waals surface area contributed by atoms with E-state index in [1.807, 2.05) is 0 Å². The standard InChI is InChI=1S/C13H12O4/c1-16-10-5-3-2-4-9(10)11(14)13-6-8(13)7-17-12(13)15/h2-5,8H,6-7H2,1H3. The minimum Gasteiger partial charge on any atom is -0.496 e. The van der Waals surface area contributed by atoms with Gasteiger partial charge in [-0.15, -0.1) is 0 Å². The molecule has 0 amide bonds. The van der Waals surface area contributed by atoms with Crippen molar-refractivity contribution in [2.75, 3.05) is 13.7 Å². The number of carbonyl (C=O) groups is 2. The smallest absolute Gasteiger partial charge is 0.320 e. The van der Waals surface area contributed by atoms with Crippen molar-refractivity contribution in [1.82, 2.24) is 0 Å². The van der Waals surface area contributed by atoms with E-state index in [1.165, 1.54) is 7.11 Å². The van der Waals surface area contributed by atoms with Crippen LogP contribution in [0.25, 0.3) is 0 Å². The zero-order valence-corrected chi connectivity index (χ0v) is 9.43. The van der Waals surface area contributed by atoms with E-state index in [4.69, 9.17) is 9.47 Å². The van der Waals surface area contributed by atoms with E-state index < -0.39 is 5.41 Å². The molecule has 17 heavy (non-hydrogen) atoms. The lowest BCUT2D eigenvalue weighted by Gasteiger charge is -2.11. The fourth-order valence-corrected chi connectivity index (χ4v) is 2.53. The van der Waals surface area contributed by atoms with E-state index in [0.29, 0.717) is 24.3 Å². The number of methoxy groups -OCH3 is 1. The molecule has 2 unspecified atom stereocenters. The van der Waals surface area contributed by atoms with Gasteiger partial charge in [-0.2, -0.15) is 0 Å². The number of benzene rings is 1. The number of cyclic esters (lactones) is 1. The summed E-state index contributed by atoms with van der Waals surface area (Å²) in [5, 5.41) is 0. The Hall–Kier alpha value is -1.84. The van der Waals surface area contributed by atoms with Crippen molar-refractivity contribution in [2.45, 2.75) is 6.42 Å². The van der Waals surface area contributed by atoms with Crippen molar-refractivity contribution < 1.29 is 19.1 Å². The summed E-state index contributed by atoms with van der Waals surface area (Å²) in [5.74, 6) is 0.0329. The third kappa shape index (κ3) is 1.24. The molecule has 4 heteroatoms. The summed E-state index contributed by atoms with van der Waals surface area (Å²) < 4.78 is 10.1. The van der Waals surface area contributed by atoms with Gasteiger partial charge in [-0.3, -0.25) is 9.59 Å². The molecule has 3 rings (SSSR count). The quantitative estimate of drug-likeness (QED) is 0.449. The third-order valence-corrected chi connectivity index (χ3v) is 3.64. The zero-order chi connectivity index (χ0) is 12.0. The Morgan fingerprint density at radius 1 is 1.47 bits per heavy atom. The molecule has 2 atom stereocenters. The molecule has 0 bridgehead atoms. The van der Waals surface area contributed by atoms with E-state index >= 15 is 0 Å². The molecule has 1 heterocycles. The van der Waals surface area contributed by atoms with E-state index in [0.717, 1.165) is 0 Å². The monoisotopic (exact) mass is 232 g/mol. The van der Waals surface area contributed by atoms with Crippen molar-refractivity contribution in [3.63, 3.8) is 0 Å². The average molecular weight is 232 g/mol. The van der Waals surface area contributed by atoms with Crippen LogP contribution in [-0.4, -0.2) is 25.5 Å². The van der Waals surface area contributed by atoms with Gasteiger partial charge in [-0.25, -0.2) is 0 Å². The molecule has 4 nitrogen and oxygen atoms in total. The van der Waals surface area contributed by atoms with E-state index in [2.05, 4.69) is 0 Å². The largest absolute Gasteiger partial charge is 0.496 e. The number of ether oxygens (including phenoxy) is 2. The maximum atomic E-state index is 12.4. The average Bonchev–Trinajstić information content (AvgIpc) is 3.03. The van der Waals surface area contributed by atoms with E-state index in [9.17, 15) is 9.59 Å². The highest BCUT2D eigenvalue weighted by Crippen LogP contribution is 2.59. The molecule has 0 spiro atoms. The van der Waals surface area contributed by atoms with Crippen molar-refractivity contribution in [3.8, 4) is 5.75 Å². The van der Waals surface area contributed by atoms with Gasteiger partial charge in [0.05, 0.1) is 19.3 Å². The number of para-hydroxylation sites is 1. The summed E-state index contributed by atoms with van der Waals surface area (Å²) in [6.45, 7) is 0.375. The molecular weight excluding hydrogens is 220 g/mol. The summed E-state index contributed by atoms with van der Waals surface area (Å²) >= 11 is 0. The van der Waals surface area contributed by atoms with Crippen LogP contribution in [0.4, 0.5) is 0 Å². The van der Waals surface area contributed by atoms with Crippen LogP contribution < -0.4 is 4.74 Å². The first-order chi connectivity index (χ1) is 8.20. The Balaban J connectivity index is 2.00. The number of hydrogen-bond acceptors (Lipinski definition) is 4. The van der Waals surface area contributed by atoms with E-state index in [-0.39, 0.29) is 17.7 Å². The summed E-state index contributed by atoms with van der Waals surface area (Å²) in [6.07, 6.45) is 0.614. The van der Waals surface area contributed by atoms with Gasteiger partial charge in [0.2, 0.25) is 0 Å². The summed E-state index contributed by atoms with van der Waals surface area (Å²) in [5.41, 5.74) is -0.439. The molecule has 2 aliphatic rings. The SMILES string of the molecule is COc1ccccc1C(=O)C12CC1COC2=O. The van der Waals surface area contributed by atoms with Crippen LogP contribution in [0.2, 0.25) is 0 Å². The van der Waals surface area contributed by atoms with Crippen molar-refractivity contribution in [2.24, 2.45) is 11.3 Å². The number of fused-ring (bicyclic) bond motifs is 1. The maximum Gasteiger partial charge on any atom is 0.320 e.